The van der Waals surface area contributed by atoms with Crippen LogP contribution in [-0.2, 0) is 0 Å². The van der Waals surface area contributed by atoms with Crippen LogP contribution in [0.5, 0.6) is 5.75 Å². The smallest absolute Gasteiger partial charge is 0.118 e. The van der Waals surface area contributed by atoms with Gasteiger partial charge in [-0.3, -0.25) is 0 Å². The Balaban J connectivity index is 1.92. The van der Waals surface area contributed by atoms with Crippen molar-refractivity contribution in [1.29, 1.82) is 0 Å². The summed E-state index contributed by atoms with van der Waals surface area (Å²) in [6.45, 7) is 0.145. The first-order valence-electron chi connectivity index (χ1n) is 8.96. The highest BCUT2D eigenvalue weighted by atomic mass is 16.5. The Kier molecular flexibility index (Phi) is 4.59. The van der Waals surface area contributed by atoms with E-state index in [1.807, 2.05) is 18.2 Å². The summed E-state index contributed by atoms with van der Waals surface area (Å²) in [7, 11) is 1.68. The van der Waals surface area contributed by atoms with Crippen LogP contribution in [0.1, 0.15) is 34.6 Å². The Labute approximate surface area is 154 Å². The second-order valence-corrected chi connectivity index (χ2v) is 6.53. The first kappa shape index (κ1) is 16.6. The Morgan fingerprint density at radius 1 is 0.846 bits per heavy atom. The second kappa shape index (κ2) is 7.19. The maximum Gasteiger partial charge on any atom is 0.118 e. The third-order valence-electron chi connectivity index (χ3n) is 5.10. The summed E-state index contributed by atoms with van der Waals surface area (Å²) in [5, 5.41) is 9.76. The highest BCUT2D eigenvalue weighted by Gasteiger charge is 2.32. The van der Waals surface area contributed by atoms with E-state index in [1.165, 1.54) is 33.4 Å². The molecule has 26 heavy (non-hydrogen) atoms. The lowest BCUT2D eigenvalue weighted by atomic mass is 9.86. The highest BCUT2D eigenvalue weighted by molar-refractivity contribution is 5.89. The van der Waals surface area contributed by atoms with E-state index in [4.69, 9.17) is 4.74 Å². The molecular weight excluding hydrogens is 320 g/mol. The molecule has 2 heteroatoms. The molecule has 1 unspecified atom stereocenters. The number of aliphatic hydroxyl groups is 1. The molecule has 0 aromatic heterocycles. The summed E-state index contributed by atoms with van der Waals surface area (Å²) < 4.78 is 5.31. The fraction of sp³-hybridized carbons (Fsp3) is 0.167. The van der Waals surface area contributed by atoms with Crippen LogP contribution in [0.15, 0.2) is 84.4 Å². The van der Waals surface area contributed by atoms with Gasteiger partial charge in [0.25, 0.3) is 0 Å². The highest BCUT2D eigenvalue weighted by Crippen LogP contribution is 2.49. The summed E-state index contributed by atoms with van der Waals surface area (Å²) >= 11 is 0. The molecule has 3 aromatic carbocycles. The molecule has 0 fully saturated rings. The average molecular weight is 342 g/mol. The Morgan fingerprint density at radius 3 is 2.23 bits per heavy atom. The maximum absolute atomic E-state index is 9.76. The molecule has 0 aliphatic heterocycles. The predicted molar refractivity (Wildman–Crippen MR) is 105 cm³/mol. The summed E-state index contributed by atoms with van der Waals surface area (Å²) in [4.78, 5) is 0. The normalized spacial score (nSPS) is 15.8. The lowest BCUT2D eigenvalue weighted by Crippen LogP contribution is -2.03. The Bertz CT molecular complexity index is 924. The SMILES string of the molecule is COc1ccc(C2C(CCO)=C(c3ccccc3)c3ccccc32)cc1. The molecule has 1 aliphatic carbocycles. The minimum absolute atomic E-state index is 0.145. The first-order chi connectivity index (χ1) is 12.8. The topological polar surface area (TPSA) is 29.5 Å². The lowest BCUT2D eigenvalue weighted by Gasteiger charge is -2.18. The van der Waals surface area contributed by atoms with Gasteiger partial charge in [0.15, 0.2) is 0 Å². The van der Waals surface area contributed by atoms with Gasteiger partial charge >= 0.3 is 0 Å². The van der Waals surface area contributed by atoms with Crippen LogP contribution in [0.2, 0.25) is 0 Å². The van der Waals surface area contributed by atoms with Crippen LogP contribution in [-0.4, -0.2) is 18.8 Å². The van der Waals surface area contributed by atoms with E-state index in [0.717, 1.165) is 5.75 Å². The van der Waals surface area contributed by atoms with Gasteiger partial charge in [0.1, 0.15) is 5.75 Å². The van der Waals surface area contributed by atoms with Gasteiger partial charge in [-0.1, -0.05) is 66.7 Å². The van der Waals surface area contributed by atoms with E-state index >= 15 is 0 Å². The molecule has 4 rings (SSSR count). The van der Waals surface area contributed by atoms with Gasteiger partial charge in [0, 0.05) is 12.5 Å². The van der Waals surface area contributed by atoms with E-state index in [9.17, 15) is 5.11 Å². The molecular formula is C24H22O2. The maximum atomic E-state index is 9.76. The zero-order valence-electron chi connectivity index (χ0n) is 14.9. The molecule has 0 bridgehead atoms. The van der Waals surface area contributed by atoms with Crippen molar-refractivity contribution in [3.8, 4) is 5.75 Å². The molecule has 0 spiro atoms. The van der Waals surface area contributed by atoms with Crippen molar-refractivity contribution in [1.82, 2.24) is 0 Å². The minimum Gasteiger partial charge on any atom is -0.497 e. The van der Waals surface area contributed by atoms with Crippen LogP contribution >= 0.6 is 0 Å². The quantitative estimate of drug-likeness (QED) is 0.705. The van der Waals surface area contributed by atoms with Gasteiger partial charge in [0.05, 0.1) is 7.11 Å². The standard InChI is InChI=1S/C24H22O2/c1-26-19-13-11-18(12-14-19)24-21-10-6-5-9-20(21)23(22(24)15-16-25)17-7-3-2-4-8-17/h2-14,24-25H,15-16H2,1H3. The third kappa shape index (κ3) is 2.83. The number of ether oxygens (including phenoxy) is 1. The number of fused-ring (bicyclic) bond motifs is 1. The van der Waals surface area contributed by atoms with E-state index in [1.54, 1.807) is 7.11 Å². The average Bonchev–Trinajstić information content (AvgIpc) is 3.03. The van der Waals surface area contributed by atoms with Crippen LogP contribution in [0.4, 0.5) is 0 Å². The van der Waals surface area contributed by atoms with Crippen molar-refractivity contribution in [3.63, 3.8) is 0 Å². The molecule has 0 heterocycles. The molecule has 1 aliphatic rings. The number of hydrogen-bond acceptors (Lipinski definition) is 2. The van der Waals surface area contributed by atoms with Gasteiger partial charge in [-0.25, -0.2) is 0 Å². The van der Waals surface area contributed by atoms with Crippen molar-refractivity contribution in [2.24, 2.45) is 0 Å². The fourth-order valence-electron chi connectivity index (χ4n) is 3.99. The number of methoxy groups -OCH3 is 1. The predicted octanol–water partition coefficient (Wildman–Crippen LogP) is 5.03. The lowest BCUT2D eigenvalue weighted by molar-refractivity contribution is 0.298. The molecule has 3 aromatic rings. The molecule has 0 saturated carbocycles. The summed E-state index contributed by atoms with van der Waals surface area (Å²) in [6.07, 6.45) is 0.662. The molecule has 0 saturated heterocycles. The van der Waals surface area contributed by atoms with Gasteiger partial charge in [-0.15, -0.1) is 0 Å². The van der Waals surface area contributed by atoms with Gasteiger partial charge in [-0.05, 0) is 52.0 Å². The molecule has 130 valence electrons. The monoisotopic (exact) mass is 342 g/mol. The second-order valence-electron chi connectivity index (χ2n) is 6.53. The van der Waals surface area contributed by atoms with Crippen molar-refractivity contribution in [2.45, 2.75) is 12.3 Å². The van der Waals surface area contributed by atoms with Crippen LogP contribution in [0.25, 0.3) is 5.57 Å². The molecule has 2 nitrogen and oxygen atoms in total. The van der Waals surface area contributed by atoms with Crippen molar-refractivity contribution in [2.75, 3.05) is 13.7 Å². The van der Waals surface area contributed by atoms with E-state index in [2.05, 4.69) is 60.7 Å². The van der Waals surface area contributed by atoms with Crippen LogP contribution < -0.4 is 4.74 Å². The van der Waals surface area contributed by atoms with Gasteiger partial charge in [-0.2, -0.15) is 0 Å². The molecule has 0 amide bonds. The van der Waals surface area contributed by atoms with Crippen molar-refractivity contribution < 1.29 is 9.84 Å². The third-order valence-corrected chi connectivity index (χ3v) is 5.10. The first-order valence-corrected chi connectivity index (χ1v) is 8.96. The van der Waals surface area contributed by atoms with Gasteiger partial charge < -0.3 is 9.84 Å². The summed E-state index contributed by atoms with van der Waals surface area (Å²) in [5.41, 5.74) is 7.55. The summed E-state index contributed by atoms with van der Waals surface area (Å²) in [5.74, 6) is 1.02. The number of rotatable bonds is 5. The molecule has 1 atom stereocenters. The summed E-state index contributed by atoms with van der Waals surface area (Å²) in [6, 6.07) is 27.4. The number of benzene rings is 3. The Morgan fingerprint density at radius 2 is 1.54 bits per heavy atom. The van der Waals surface area contributed by atoms with E-state index in [-0.39, 0.29) is 12.5 Å². The zero-order chi connectivity index (χ0) is 17.9. The van der Waals surface area contributed by atoms with Crippen LogP contribution in [0, 0.1) is 0 Å². The van der Waals surface area contributed by atoms with E-state index in [0.29, 0.717) is 6.42 Å². The van der Waals surface area contributed by atoms with Gasteiger partial charge in [0.2, 0.25) is 0 Å². The number of hydrogen-bond donors (Lipinski definition) is 1. The fourth-order valence-corrected chi connectivity index (χ4v) is 3.99. The molecule has 0 radical (unpaired) electrons. The van der Waals surface area contributed by atoms with E-state index < -0.39 is 0 Å². The Hall–Kier alpha value is -2.84. The zero-order valence-corrected chi connectivity index (χ0v) is 14.9. The van der Waals surface area contributed by atoms with Crippen LogP contribution in [0.3, 0.4) is 0 Å². The molecule has 1 N–H and O–H groups in total. The largest absolute Gasteiger partial charge is 0.497 e. The number of aliphatic hydroxyl groups excluding tert-OH is 1. The van der Waals surface area contributed by atoms with Crippen molar-refractivity contribution in [3.05, 3.63) is 107 Å². The van der Waals surface area contributed by atoms with Crippen molar-refractivity contribution >= 4 is 5.57 Å². The minimum atomic E-state index is 0.145.